The lowest BCUT2D eigenvalue weighted by molar-refractivity contribution is -0.123. The van der Waals surface area contributed by atoms with E-state index >= 15 is 0 Å². The third kappa shape index (κ3) is 5.26. The molecule has 2 N–H and O–H groups in total. The van der Waals surface area contributed by atoms with Gasteiger partial charge in [0.25, 0.3) is 11.8 Å². The maximum absolute atomic E-state index is 13.1. The summed E-state index contributed by atoms with van der Waals surface area (Å²) in [6.07, 6.45) is 5.96. The molecule has 0 bridgehead atoms. The first-order chi connectivity index (χ1) is 15.6. The minimum Gasteiger partial charge on any atom is -0.472 e. The predicted molar refractivity (Wildman–Crippen MR) is 116 cm³/mol. The maximum atomic E-state index is 13.1. The van der Waals surface area contributed by atoms with E-state index in [9.17, 15) is 14.4 Å². The van der Waals surface area contributed by atoms with Crippen LogP contribution in [0.2, 0.25) is 0 Å². The summed E-state index contributed by atoms with van der Waals surface area (Å²) in [5.74, 6) is -0.613. The molecule has 166 valence electrons. The van der Waals surface area contributed by atoms with Crippen LogP contribution < -0.4 is 10.6 Å². The first-order valence-corrected chi connectivity index (χ1v) is 10.6. The van der Waals surface area contributed by atoms with Crippen molar-refractivity contribution in [3.8, 4) is 0 Å². The Bertz CT molecular complexity index is 1020. The number of amides is 3. The van der Waals surface area contributed by atoms with Gasteiger partial charge in [-0.05, 0) is 36.6 Å². The fraction of sp³-hybridized carbons (Fsp3) is 0.292. The minimum atomic E-state index is -0.749. The topological polar surface area (TPSA) is 105 Å². The third-order valence-electron chi connectivity index (χ3n) is 5.55. The highest BCUT2D eigenvalue weighted by atomic mass is 16.3. The molecule has 3 amide bonds. The SMILES string of the molecule is O=C(NC(Cc1ccccc1)C(=O)NC1CCN(C(=O)c2ccoc2)CC1)c1ccco1. The van der Waals surface area contributed by atoms with Gasteiger partial charge in [0.15, 0.2) is 5.76 Å². The Morgan fingerprint density at radius 2 is 1.78 bits per heavy atom. The van der Waals surface area contributed by atoms with Crippen molar-refractivity contribution in [3.05, 3.63) is 84.2 Å². The summed E-state index contributed by atoms with van der Waals surface area (Å²) in [7, 11) is 0. The molecule has 1 aliphatic rings. The summed E-state index contributed by atoms with van der Waals surface area (Å²) in [6, 6.07) is 13.5. The molecule has 8 nitrogen and oxygen atoms in total. The van der Waals surface area contributed by atoms with Gasteiger partial charge in [0.2, 0.25) is 5.91 Å². The quantitative estimate of drug-likeness (QED) is 0.594. The Balaban J connectivity index is 1.36. The molecule has 1 aromatic carbocycles. The summed E-state index contributed by atoms with van der Waals surface area (Å²) < 4.78 is 10.1. The first kappa shape index (κ1) is 21.4. The van der Waals surface area contributed by atoms with Crippen molar-refractivity contribution in [1.82, 2.24) is 15.5 Å². The molecule has 1 aliphatic heterocycles. The van der Waals surface area contributed by atoms with Gasteiger partial charge in [-0.15, -0.1) is 0 Å². The summed E-state index contributed by atoms with van der Waals surface area (Å²) in [4.78, 5) is 39.8. The highest BCUT2D eigenvalue weighted by Crippen LogP contribution is 2.15. The zero-order valence-corrected chi connectivity index (χ0v) is 17.5. The molecule has 0 spiro atoms. The number of hydrogen-bond acceptors (Lipinski definition) is 5. The highest BCUT2D eigenvalue weighted by Gasteiger charge is 2.28. The van der Waals surface area contributed by atoms with Gasteiger partial charge in [-0.3, -0.25) is 14.4 Å². The molecule has 1 unspecified atom stereocenters. The van der Waals surface area contributed by atoms with E-state index in [2.05, 4.69) is 10.6 Å². The number of nitrogens with zero attached hydrogens (tertiary/aromatic N) is 1. The zero-order chi connectivity index (χ0) is 22.3. The number of carbonyl (C=O) groups is 3. The van der Waals surface area contributed by atoms with Crippen LogP contribution in [0.4, 0.5) is 0 Å². The van der Waals surface area contributed by atoms with E-state index in [1.807, 2.05) is 30.3 Å². The maximum Gasteiger partial charge on any atom is 0.287 e. The molecular weight excluding hydrogens is 410 g/mol. The first-order valence-electron chi connectivity index (χ1n) is 10.6. The lowest BCUT2D eigenvalue weighted by Gasteiger charge is -2.33. The Morgan fingerprint density at radius 3 is 2.44 bits per heavy atom. The van der Waals surface area contributed by atoms with Crippen molar-refractivity contribution in [1.29, 1.82) is 0 Å². The normalized spacial score (nSPS) is 15.2. The van der Waals surface area contributed by atoms with Gasteiger partial charge in [0.1, 0.15) is 12.3 Å². The standard InChI is InChI=1S/C24H25N3O5/c28-22(25-19-8-11-27(12-9-19)24(30)18-10-14-31-16-18)20(15-17-5-2-1-3-6-17)26-23(29)21-7-4-13-32-21/h1-7,10,13-14,16,19-20H,8-9,11-12,15H2,(H,25,28)(H,26,29). The molecule has 8 heteroatoms. The molecule has 4 rings (SSSR count). The van der Waals surface area contributed by atoms with Crippen molar-refractivity contribution < 1.29 is 23.2 Å². The Hall–Kier alpha value is -3.81. The Morgan fingerprint density at radius 1 is 1.00 bits per heavy atom. The third-order valence-corrected chi connectivity index (χ3v) is 5.55. The van der Waals surface area contributed by atoms with Crippen LogP contribution in [0.5, 0.6) is 0 Å². The average Bonchev–Trinajstić information content (AvgIpc) is 3.54. The van der Waals surface area contributed by atoms with E-state index in [1.54, 1.807) is 23.1 Å². The molecule has 0 radical (unpaired) electrons. The summed E-state index contributed by atoms with van der Waals surface area (Å²) >= 11 is 0. The van der Waals surface area contributed by atoms with Crippen LogP contribution in [0.15, 0.2) is 76.2 Å². The van der Waals surface area contributed by atoms with E-state index in [0.717, 1.165) is 5.56 Å². The van der Waals surface area contributed by atoms with E-state index in [4.69, 9.17) is 8.83 Å². The van der Waals surface area contributed by atoms with Crippen molar-refractivity contribution in [2.75, 3.05) is 13.1 Å². The lowest BCUT2D eigenvalue weighted by atomic mass is 10.0. The van der Waals surface area contributed by atoms with Gasteiger partial charge in [-0.2, -0.15) is 0 Å². The summed E-state index contributed by atoms with van der Waals surface area (Å²) in [5.41, 5.74) is 1.46. The molecule has 3 aromatic rings. The number of piperidine rings is 1. The van der Waals surface area contributed by atoms with Crippen molar-refractivity contribution in [2.45, 2.75) is 31.3 Å². The molecule has 0 aliphatic carbocycles. The Labute approximate surface area is 185 Å². The Kier molecular flexibility index (Phi) is 6.69. The van der Waals surface area contributed by atoms with Crippen LogP contribution in [0.1, 0.15) is 39.3 Å². The van der Waals surface area contributed by atoms with Crippen LogP contribution in [0, 0.1) is 0 Å². The van der Waals surface area contributed by atoms with Gasteiger partial charge in [-0.1, -0.05) is 30.3 Å². The molecule has 2 aromatic heterocycles. The van der Waals surface area contributed by atoms with Crippen molar-refractivity contribution in [3.63, 3.8) is 0 Å². The number of carbonyl (C=O) groups excluding carboxylic acids is 3. The van der Waals surface area contributed by atoms with E-state index < -0.39 is 11.9 Å². The van der Waals surface area contributed by atoms with Gasteiger partial charge < -0.3 is 24.4 Å². The smallest absolute Gasteiger partial charge is 0.287 e. The average molecular weight is 435 g/mol. The molecule has 0 saturated carbocycles. The number of likely N-dealkylation sites (tertiary alicyclic amines) is 1. The molecule has 3 heterocycles. The molecule has 32 heavy (non-hydrogen) atoms. The van der Waals surface area contributed by atoms with E-state index in [-0.39, 0.29) is 23.6 Å². The monoisotopic (exact) mass is 435 g/mol. The van der Waals surface area contributed by atoms with E-state index in [1.165, 1.54) is 18.8 Å². The molecule has 1 saturated heterocycles. The van der Waals surface area contributed by atoms with Gasteiger partial charge in [0, 0.05) is 25.6 Å². The predicted octanol–water partition coefficient (Wildman–Crippen LogP) is 2.63. The number of furan rings is 2. The van der Waals surface area contributed by atoms with E-state index in [0.29, 0.717) is 37.9 Å². The second kappa shape index (κ2) is 10.00. The fourth-order valence-corrected chi connectivity index (χ4v) is 3.79. The van der Waals surface area contributed by atoms with Crippen LogP contribution in [-0.2, 0) is 11.2 Å². The lowest BCUT2D eigenvalue weighted by Crippen LogP contribution is -2.53. The second-order valence-corrected chi connectivity index (χ2v) is 7.78. The van der Waals surface area contributed by atoms with Crippen molar-refractivity contribution in [2.24, 2.45) is 0 Å². The van der Waals surface area contributed by atoms with Crippen LogP contribution >= 0.6 is 0 Å². The van der Waals surface area contributed by atoms with Crippen molar-refractivity contribution >= 4 is 17.7 Å². The van der Waals surface area contributed by atoms with Gasteiger partial charge in [-0.25, -0.2) is 0 Å². The largest absolute Gasteiger partial charge is 0.472 e. The zero-order valence-electron chi connectivity index (χ0n) is 17.5. The molecular formula is C24H25N3O5. The van der Waals surface area contributed by atoms with Gasteiger partial charge in [0.05, 0.1) is 18.1 Å². The number of hydrogen-bond donors (Lipinski definition) is 2. The number of nitrogens with one attached hydrogen (secondary N) is 2. The number of benzene rings is 1. The minimum absolute atomic E-state index is 0.0730. The molecule has 1 atom stereocenters. The van der Waals surface area contributed by atoms with Crippen LogP contribution in [-0.4, -0.2) is 47.8 Å². The fourth-order valence-electron chi connectivity index (χ4n) is 3.79. The highest BCUT2D eigenvalue weighted by molar-refractivity contribution is 5.96. The van der Waals surface area contributed by atoms with Crippen LogP contribution in [0.25, 0.3) is 0 Å². The van der Waals surface area contributed by atoms with Crippen LogP contribution in [0.3, 0.4) is 0 Å². The van der Waals surface area contributed by atoms with Gasteiger partial charge >= 0.3 is 0 Å². The molecule has 1 fully saturated rings. The summed E-state index contributed by atoms with van der Waals surface area (Å²) in [6.45, 7) is 1.08. The second-order valence-electron chi connectivity index (χ2n) is 7.78. The number of rotatable bonds is 7. The summed E-state index contributed by atoms with van der Waals surface area (Å²) in [5, 5.41) is 5.83.